The van der Waals surface area contributed by atoms with Crippen LogP contribution in [-0.4, -0.2) is 40.9 Å². The van der Waals surface area contributed by atoms with E-state index in [2.05, 4.69) is 15.7 Å². The second-order valence-electron chi connectivity index (χ2n) is 12.6. The summed E-state index contributed by atoms with van der Waals surface area (Å²) in [5.41, 5.74) is 0.646. The summed E-state index contributed by atoms with van der Waals surface area (Å²) in [6, 6.07) is 0.975. The topological polar surface area (TPSA) is 68.2 Å². The van der Waals surface area contributed by atoms with Gasteiger partial charge in [-0.15, -0.1) is 0 Å². The number of nitrogens with zero attached hydrogens (tertiary/aromatic N) is 2. The second kappa shape index (κ2) is 10.8. The maximum atomic E-state index is 13.6. The summed E-state index contributed by atoms with van der Waals surface area (Å²) in [5, 5.41) is 11.9. The molecular formula is C29H46N4O2. The van der Waals surface area contributed by atoms with E-state index >= 15 is 0 Å². The van der Waals surface area contributed by atoms with Crippen molar-refractivity contribution >= 4 is 5.91 Å². The minimum atomic E-state index is 0.0348. The van der Waals surface area contributed by atoms with Crippen molar-refractivity contribution < 1.29 is 9.53 Å². The molecule has 1 amide bonds. The number of hydrogen-bond acceptors (Lipinski definition) is 4. The number of carbonyl (C=O) groups is 1. The van der Waals surface area contributed by atoms with E-state index in [1.54, 1.807) is 6.20 Å². The molecular weight excluding hydrogens is 436 g/mol. The van der Waals surface area contributed by atoms with Gasteiger partial charge < -0.3 is 15.4 Å². The van der Waals surface area contributed by atoms with Gasteiger partial charge in [0.2, 0.25) is 5.88 Å². The van der Waals surface area contributed by atoms with Crippen molar-refractivity contribution in [3.63, 3.8) is 0 Å². The molecule has 4 bridgehead atoms. The van der Waals surface area contributed by atoms with E-state index in [0.717, 1.165) is 24.9 Å². The Balaban J connectivity index is 1.12. The van der Waals surface area contributed by atoms with Gasteiger partial charge in [0.25, 0.3) is 5.91 Å². The van der Waals surface area contributed by atoms with Crippen molar-refractivity contribution in [2.45, 2.75) is 115 Å². The number of rotatable bonds is 9. The lowest BCUT2D eigenvalue weighted by Gasteiger charge is -2.54. The van der Waals surface area contributed by atoms with Gasteiger partial charge in [0, 0.05) is 18.6 Å². The Morgan fingerprint density at radius 1 is 0.914 bits per heavy atom. The van der Waals surface area contributed by atoms with Crippen molar-refractivity contribution in [3.8, 4) is 5.88 Å². The smallest absolute Gasteiger partial charge is 0.258 e. The molecule has 0 radical (unpaired) electrons. The van der Waals surface area contributed by atoms with E-state index in [9.17, 15) is 4.79 Å². The SMILES string of the molecule is O=C(NC1C2CC3CC(C2)CC1C3)c1cnn(CCNC2CCCCC2)c1OCC1CCCCC1. The first kappa shape index (κ1) is 23.8. The van der Waals surface area contributed by atoms with Crippen LogP contribution in [0.15, 0.2) is 6.20 Å². The molecule has 0 aliphatic heterocycles. The summed E-state index contributed by atoms with van der Waals surface area (Å²) in [7, 11) is 0. The van der Waals surface area contributed by atoms with Crippen LogP contribution in [0.3, 0.4) is 0 Å². The van der Waals surface area contributed by atoms with E-state index in [1.807, 2.05) is 4.68 Å². The Bertz CT molecular complexity index is 827. The van der Waals surface area contributed by atoms with E-state index < -0.39 is 0 Å². The molecule has 0 spiro atoms. The lowest BCUT2D eigenvalue weighted by Crippen LogP contribution is -2.55. The average molecular weight is 483 g/mol. The highest BCUT2D eigenvalue weighted by Crippen LogP contribution is 2.53. The third kappa shape index (κ3) is 5.42. The van der Waals surface area contributed by atoms with Crippen LogP contribution in [0.4, 0.5) is 0 Å². The van der Waals surface area contributed by atoms with Crippen molar-refractivity contribution in [1.82, 2.24) is 20.4 Å². The van der Waals surface area contributed by atoms with Crippen LogP contribution >= 0.6 is 0 Å². The molecule has 0 aromatic carbocycles. The quantitative estimate of drug-likeness (QED) is 0.500. The van der Waals surface area contributed by atoms with Gasteiger partial charge in [0.05, 0.1) is 19.3 Å². The molecule has 194 valence electrons. The number of hydrogen-bond donors (Lipinski definition) is 2. The lowest BCUT2D eigenvalue weighted by molar-refractivity contribution is -0.0120. The summed E-state index contributed by atoms with van der Waals surface area (Å²) in [5.74, 6) is 4.52. The maximum Gasteiger partial charge on any atom is 0.258 e. The van der Waals surface area contributed by atoms with E-state index in [0.29, 0.717) is 47.9 Å². The van der Waals surface area contributed by atoms with Crippen LogP contribution in [0.2, 0.25) is 0 Å². The van der Waals surface area contributed by atoms with Crippen LogP contribution < -0.4 is 15.4 Å². The molecule has 6 saturated carbocycles. The molecule has 0 atom stereocenters. The third-order valence-electron chi connectivity index (χ3n) is 10.1. The van der Waals surface area contributed by atoms with Gasteiger partial charge in [-0.2, -0.15) is 5.10 Å². The van der Waals surface area contributed by atoms with Gasteiger partial charge in [0.15, 0.2) is 0 Å². The van der Waals surface area contributed by atoms with Crippen LogP contribution in [0.1, 0.15) is 107 Å². The molecule has 0 unspecified atom stereocenters. The summed E-state index contributed by atoms with van der Waals surface area (Å²) < 4.78 is 8.38. The molecule has 6 nitrogen and oxygen atoms in total. The van der Waals surface area contributed by atoms with Gasteiger partial charge in [-0.3, -0.25) is 4.79 Å². The predicted molar refractivity (Wildman–Crippen MR) is 137 cm³/mol. The highest BCUT2D eigenvalue weighted by molar-refractivity contribution is 5.96. The summed E-state index contributed by atoms with van der Waals surface area (Å²) in [6.45, 7) is 2.34. The molecule has 6 fully saturated rings. The number of carbonyl (C=O) groups excluding carboxylic acids is 1. The fourth-order valence-corrected chi connectivity index (χ4v) is 8.46. The predicted octanol–water partition coefficient (Wildman–Crippen LogP) is 5.32. The standard InChI is InChI=1S/C29H46N4O2/c34-28(32-27-23-14-21-13-22(16-23)17-24(27)15-21)26-18-31-33(12-11-30-25-9-5-2-6-10-25)29(26)35-19-20-7-3-1-4-8-20/h18,20-25,27,30H,1-17,19H2,(H,32,34). The molecule has 1 aromatic heterocycles. The largest absolute Gasteiger partial charge is 0.477 e. The van der Waals surface area contributed by atoms with Gasteiger partial charge in [0.1, 0.15) is 5.56 Å². The normalized spacial score (nSPS) is 33.2. The second-order valence-corrected chi connectivity index (χ2v) is 12.6. The van der Waals surface area contributed by atoms with Crippen LogP contribution in [-0.2, 0) is 6.54 Å². The molecule has 6 heteroatoms. The first-order valence-electron chi connectivity index (χ1n) is 15.0. The maximum absolute atomic E-state index is 13.6. The van der Waals surface area contributed by atoms with E-state index in [-0.39, 0.29) is 5.91 Å². The number of ether oxygens (including phenoxy) is 1. The van der Waals surface area contributed by atoms with Gasteiger partial charge in [-0.1, -0.05) is 38.5 Å². The number of amides is 1. The minimum absolute atomic E-state index is 0.0348. The molecule has 6 aliphatic carbocycles. The van der Waals surface area contributed by atoms with Crippen LogP contribution in [0.25, 0.3) is 0 Å². The lowest BCUT2D eigenvalue weighted by atomic mass is 9.54. The van der Waals surface area contributed by atoms with Gasteiger partial charge in [-0.05, 0) is 87.4 Å². The molecule has 2 N–H and O–H groups in total. The Kier molecular flexibility index (Phi) is 7.36. The Morgan fingerprint density at radius 2 is 1.57 bits per heavy atom. The van der Waals surface area contributed by atoms with E-state index in [4.69, 9.17) is 4.74 Å². The zero-order chi connectivity index (χ0) is 23.6. The van der Waals surface area contributed by atoms with Crippen molar-refractivity contribution in [2.24, 2.45) is 29.6 Å². The highest BCUT2D eigenvalue weighted by Gasteiger charge is 2.48. The first-order chi connectivity index (χ1) is 17.2. The zero-order valence-electron chi connectivity index (χ0n) is 21.6. The van der Waals surface area contributed by atoms with Crippen molar-refractivity contribution in [1.29, 1.82) is 0 Å². The summed E-state index contributed by atoms with van der Waals surface area (Å²) >= 11 is 0. The summed E-state index contributed by atoms with van der Waals surface area (Å²) in [6.07, 6.45) is 21.5. The fraction of sp³-hybridized carbons (Fsp3) is 0.862. The van der Waals surface area contributed by atoms with Gasteiger partial charge in [-0.25, -0.2) is 4.68 Å². The van der Waals surface area contributed by atoms with Crippen LogP contribution in [0.5, 0.6) is 5.88 Å². The first-order valence-corrected chi connectivity index (χ1v) is 15.0. The molecule has 35 heavy (non-hydrogen) atoms. The van der Waals surface area contributed by atoms with Crippen molar-refractivity contribution in [2.75, 3.05) is 13.2 Å². The Labute approximate surface area is 211 Å². The average Bonchev–Trinajstić information content (AvgIpc) is 3.28. The van der Waals surface area contributed by atoms with E-state index in [1.165, 1.54) is 96.3 Å². The molecule has 1 aromatic rings. The highest BCUT2D eigenvalue weighted by atomic mass is 16.5. The monoisotopic (exact) mass is 482 g/mol. The molecule has 7 rings (SSSR count). The molecule has 1 heterocycles. The van der Waals surface area contributed by atoms with Gasteiger partial charge >= 0.3 is 0 Å². The van der Waals surface area contributed by atoms with Crippen molar-refractivity contribution in [3.05, 3.63) is 11.8 Å². The van der Waals surface area contributed by atoms with Crippen LogP contribution in [0, 0.1) is 29.6 Å². The minimum Gasteiger partial charge on any atom is -0.477 e. The molecule has 6 aliphatic rings. The number of nitrogens with one attached hydrogen (secondary N) is 2. The summed E-state index contributed by atoms with van der Waals surface area (Å²) in [4.78, 5) is 13.6. The number of aromatic nitrogens is 2. The molecule has 0 saturated heterocycles. The third-order valence-corrected chi connectivity index (χ3v) is 10.1. The zero-order valence-corrected chi connectivity index (χ0v) is 21.6. The Hall–Kier alpha value is -1.56. The fourth-order valence-electron chi connectivity index (χ4n) is 8.46. The Morgan fingerprint density at radius 3 is 2.26 bits per heavy atom.